The molecule has 1 aromatic heterocycles. The Hall–Kier alpha value is -2.88. The first-order valence-corrected chi connectivity index (χ1v) is 11.3. The number of benzene rings is 1. The summed E-state index contributed by atoms with van der Waals surface area (Å²) in [6, 6.07) is 14.4. The molecule has 170 valence electrons. The summed E-state index contributed by atoms with van der Waals surface area (Å²) in [4.78, 5) is 15.3. The van der Waals surface area contributed by atoms with E-state index in [9.17, 15) is 10.1 Å². The molecule has 1 saturated heterocycles. The minimum Gasteiger partial charge on any atom is -0.379 e. The molecule has 1 atom stereocenters. The Morgan fingerprint density at radius 3 is 2.53 bits per heavy atom. The van der Waals surface area contributed by atoms with Gasteiger partial charge in [-0.25, -0.2) is 0 Å². The van der Waals surface area contributed by atoms with Crippen LogP contribution < -0.4 is 5.32 Å². The summed E-state index contributed by atoms with van der Waals surface area (Å²) in [6.45, 7) is 12.8. The number of nitriles is 1. The van der Waals surface area contributed by atoms with Crippen LogP contribution >= 0.6 is 0 Å². The number of aromatic nitrogens is 1. The lowest BCUT2D eigenvalue weighted by Gasteiger charge is -2.34. The van der Waals surface area contributed by atoms with Gasteiger partial charge in [-0.15, -0.1) is 0 Å². The van der Waals surface area contributed by atoms with E-state index in [1.54, 1.807) is 6.08 Å². The minimum absolute atomic E-state index is 0.0418. The number of nitrogens with one attached hydrogen (secondary N) is 1. The molecule has 0 spiro atoms. The van der Waals surface area contributed by atoms with Crippen molar-refractivity contribution in [2.75, 3.05) is 32.8 Å². The second-order valence-corrected chi connectivity index (χ2v) is 8.79. The molecule has 0 saturated carbocycles. The molecular formula is C26H34N4O2. The number of nitrogens with zero attached hydrogens (tertiary/aromatic N) is 3. The summed E-state index contributed by atoms with van der Waals surface area (Å²) in [6.07, 6.45) is 1.71. The molecule has 1 amide bonds. The number of amides is 1. The average Bonchev–Trinajstić information content (AvgIpc) is 3.05. The Bertz CT molecular complexity index is 979. The van der Waals surface area contributed by atoms with Crippen LogP contribution in [-0.2, 0) is 16.1 Å². The van der Waals surface area contributed by atoms with Gasteiger partial charge in [0.1, 0.15) is 11.6 Å². The molecule has 32 heavy (non-hydrogen) atoms. The van der Waals surface area contributed by atoms with Crippen molar-refractivity contribution in [3.8, 4) is 6.07 Å². The molecule has 0 aliphatic carbocycles. The summed E-state index contributed by atoms with van der Waals surface area (Å²) in [7, 11) is 0. The number of aryl methyl sites for hydroxylation is 1. The molecule has 0 bridgehead atoms. The number of ether oxygens (including phenoxy) is 1. The lowest BCUT2D eigenvalue weighted by molar-refractivity contribution is -0.117. The van der Waals surface area contributed by atoms with Gasteiger partial charge < -0.3 is 14.6 Å². The van der Waals surface area contributed by atoms with E-state index in [0.29, 0.717) is 25.7 Å². The van der Waals surface area contributed by atoms with E-state index in [0.717, 1.165) is 42.1 Å². The van der Waals surface area contributed by atoms with Crippen LogP contribution in [0.1, 0.15) is 42.4 Å². The van der Waals surface area contributed by atoms with E-state index in [2.05, 4.69) is 53.8 Å². The third kappa shape index (κ3) is 5.87. The average molecular weight is 435 g/mol. The van der Waals surface area contributed by atoms with Crippen LogP contribution in [0.3, 0.4) is 0 Å². The molecular weight excluding hydrogens is 400 g/mol. The van der Waals surface area contributed by atoms with Crippen LogP contribution in [-0.4, -0.2) is 48.2 Å². The molecule has 1 fully saturated rings. The van der Waals surface area contributed by atoms with Gasteiger partial charge in [0.25, 0.3) is 5.91 Å². The molecule has 0 radical (unpaired) electrons. The van der Waals surface area contributed by atoms with E-state index < -0.39 is 0 Å². The van der Waals surface area contributed by atoms with Gasteiger partial charge in [0.05, 0.1) is 19.3 Å². The van der Waals surface area contributed by atoms with Crippen LogP contribution in [0.5, 0.6) is 0 Å². The highest BCUT2D eigenvalue weighted by molar-refractivity contribution is 6.01. The molecule has 1 aromatic carbocycles. The Balaban J connectivity index is 1.76. The molecule has 6 nitrogen and oxygen atoms in total. The Morgan fingerprint density at radius 1 is 1.22 bits per heavy atom. The van der Waals surface area contributed by atoms with E-state index in [4.69, 9.17) is 4.74 Å². The highest BCUT2D eigenvalue weighted by atomic mass is 16.5. The van der Waals surface area contributed by atoms with Gasteiger partial charge >= 0.3 is 0 Å². The van der Waals surface area contributed by atoms with Crippen molar-refractivity contribution in [1.82, 2.24) is 14.8 Å². The molecule has 1 unspecified atom stereocenters. The molecule has 1 aliphatic heterocycles. The largest absolute Gasteiger partial charge is 0.379 e. The first kappa shape index (κ1) is 23.8. The molecule has 2 heterocycles. The van der Waals surface area contributed by atoms with Crippen molar-refractivity contribution in [3.63, 3.8) is 0 Å². The van der Waals surface area contributed by atoms with Crippen molar-refractivity contribution in [3.05, 3.63) is 64.5 Å². The van der Waals surface area contributed by atoms with Gasteiger partial charge in [-0.3, -0.25) is 9.69 Å². The maximum Gasteiger partial charge on any atom is 0.262 e. The minimum atomic E-state index is -0.338. The number of hydrogen-bond donors (Lipinski definition) is 1. The van der Waals surface area contributed by atoms with Crippen LogP contribution in [0.15, 0.2) is 42.0 Å². The highest BCUT2D eigenvalue weighted by Crippen LogP contribution is 2.22. The fourth-order valence-corrected chi connectivity index (χ4v) is 4.23. The van der Waals surface area contributed by atoms with Crippen LogP contribution in [0.4, 0.5) is 0 Å². The lowest BCUT2D eigenvalue weighted by atomic mass is 10.0. The van der Waals surface area contributed by atoms with Gasteiger partial charge in [-0.1, -0.05) is 44.2 Å². The predicted molar refractivity (Wildman–Crippen MR) is 127 cm³/mol. The number of carbonyl (C=O) groups excluding carboxylic acids is 1. The first-order chi connectivity index (χ1) is 15.4. The maximum atomic E-state index is 12.9. The molecule has 1 aliphatic rings. The van der Waals surface area contributed by atoms with Crippen molar-refractivity contribution in [2.45, 2.75) is 40.3 Å². The van der Waals surface area contributed by atoms with Crippen LogP contribution in [0, 0.1) is 31.1 Å². The fraction of sp³-hybridized carbons (Fsp3) is 0.462. The fourth-order valence-electron chi connectivity index (χ4n) is 4.23. The molecule has 1 N–H and O–H groups in total. The number of rotatable bonds is 8. The smallest absolute Gasteiger partial charge is 0.262 e. The quantitative estimate of drug-likeness (QED) is 0.506. The monoisotopic (exact) mass is 434 g/mol. The normalized spacial score (nSPS) is 16.1. The van der Waals surface area contributed by atoms with Gasteiger partial charge in [-0.05, 0) is 43.0 Å². The summed E-state index contributed by atoms with van der Waals surface area (Å²) in [5.41, 5.74) is 4.41. The lowest BCUT2D eigenvalue weighted by Crippen LogP contribution is -2.44. The Kier molecular flexibility index (Phi) is 8.26. The van der Waals surface area contributed by atoms with Crippen molar-refractivity contribution < 1.29 is 9.53 Å². The van der Waals surface area contributed by atoms with Gasteiger partial charge in [0.15, 0.2) is 0 Å². The second kappa shape index (κ2) is 11.1. The summed E-state index contributed by atoms with van der Waals surface area (Å²) < 4.78 is 7.74. The van der Waals surface area contributed by atoms with Gasteiger partial charge in [0, 0.05) is 37.6 Å². The van der Waals surface area contributed by atoms with Crippen molar-refractivity contribution in [1.29, 1.82) is 5.26 Å². The summed E-state index contributed by atoms with van der Waals surface area (Å²) in [5.74, 6) is 0.181. The SMILES string of the molecule is Cc1cc(/C=C(/C#N)C(=O)NCC(c2ccccc2)N2CCOCC2)c(C)n1CC(C)C. The van der Waals surface area contributed by atoms with E-state index in [1.165, 1.54) is 0 Å². The number of hydrogen-bond acceptors (Lipinski definition) is 4. The Morgan fingerprint density at radius 2 is 1.91 bits per heavy atom. The van der Waals surface area contributed by atoms with Crippen LogP contribution in [0.25, 0.3) is 6.08 Å². The van der Waals surface area contributed by atoms with E-state index in [-0.39, 0.29) is 17.5 Å². The third-order valence-electron chi connectivity index (χ3n) is 5.95. The van der Waals surface area contributed by atoms with Gasteiger partial charge in [-0.2, -0.15) is 5.26 Å². The standard InChI is InChI=1S/C26H34N4O2/c1-19(2)18-30-20(3)14-23(21(30)4)15-24(16-27)26(31)28-17-25(22-8-6-5-7-9-22)29-10-12-32-13-11-29/h5-9,14-15,19,25H,10-13,17-18H2,1-4H3,(H,28,31)/b24-15-. The third-order valence-corrected chi connectivity index (χ3v) is 5.95. The van der Waals surface area contributed by atoms with E-state index in [1.807, 2.05) is 31.2 Å². The second-order valence-electron chi connectivity index (χ2n) is 8.79. The molecule has 3 rings (SSSR count). The predicted octanol–water partition coefficient (Wildman–Crippen LogP) is 3.86. The summed E-state index contributed by atoms with van der Waals surface area (Å²) in [5, 5.41) is 12.7. The van der Waals surface area contributed by atoms with Gasteiger partial charge in [0.2, 0.25) is 0 Å². The number of morpholine rings is 1. The van der Waals surface area contributed by atoms with Crippen molar-refractivity contribution >= 4 is 12.0 Å². The Labute approximate surface area is 191 Å². The molecule has 6 heteroatoms. The van der Waals surface area contributed by atoms with E-state index >= 15 is 0 Å². The highest BCUT2D eigenvalue weighted by Gasteiger charge is 2.24. The first-order valence-electron chi connectivity index (χ1n) is 11.3. The number of carbonyl (C=O) groups is 1. The zero-order valence-electron chi connectivity index (χ0n) is 19.6. The maximum absolute atomic E-state index is 12.9. The topological polar surface area (TPSA) is 70.3 Å². The zero-order chi connectivity index (χ0) is 23.1. The van der Waals surface area contributed by atoms with Crippen molar-refractivity contribution in [2.24, 2.45) is 5.92 Å². The summed E-state index contributed by atoms with van der Waals surface area (Å²) >= 11 is 0. The van der Waals surface area contributed by atoms with Crippen LogP contribution in [0.2, 0.25) is 0 Å². The molecule has 2 aromatic rings. The zero-order valence-corrected chi connectivity index (χ0v) is 19.6.